The predicted octanol–water partition coefficient (Wildman–Crippen LogP) is 3.64. The van der Waals surface area contributed by atoms with Gasteiger partial charge in [-0.2, -0.15) is 0 Å². The Kier molecular flexibility index (Phi) is 4.66. The van der Waals surface area contributed by atoms with E-state index >= 15 is 0 Å². The number of piperazine rings is 1. The molecule has 3 saturated heterocycles. The van der Waals surface area contributed by atoms with E-state index in [1.807, 2.05) is 0 Å². The zero-order valence-electron chi connectivity index (χ0n) is 19.0. The largest absolute Gasteiger partial charge is 0.462 e. The van der Waals surface area contributed by atoms with E-state index in [0.29, 0.717) is 11.8 Å². The Balaban J connectivity index is 1.12. The van der Waals surface area contributed by atoms with E-state index in [1.165, 1.54) is 30.5 Å². The molecule has 0 N–H and O–H groups in total. The molecule has 0 aromatic heterocycles. The molecule has 6 rings (SSSR count). The number of fused-ring (bicyclic) bond motifs is 3. The maximum Gasteiger partial charge on any atom is 0.310 e. The minimum absolute atomic E-state index is 0.0396. The number of anilines is 1. The van der Waals surface area contributed by atoms with Gasteiger partial charge in [0.2, 0.25) is 0 Å². The van der Waals surface area contributed by atoms with Gasteiger partial charge in [0.15, 0.2) is 0 Å². The summed E-state index contributed by atoms with van der Waals surface area (Å²) >= 11 is 0. The number of hydrogen-bond donors (Lipinski definition) is 0. The van der Waals surface area contributed by atoms with E-state index in [-0.39, 0.29) is 29.0 Å². The molecule has 0 radical (unpaired) electrons. The maximum atomic E-state index is 12.9. The summed E-state index contributed by atoms with van der Waals surface area (Å²) < 4.78 is 12.1. The van der Waals surface area contributed by atoms with Gasteiger partial charge in [-0.15, -0.1) is 0 Å². The van der Waals surface area contributed by atoms with Crippen molar-refractivity contribution in [3.05, 3.63) is 29.8 Å². The van der Waals surface area contributed by atoms with E-state index in [9.17, 15) is 4.79 Å². The van der Waals surface area contributed by atoms with Gasteiger partial charge in [0.05, 0.1) is 18.1 Å². The lowest BCUT2D eigenvalue weighted by atomic mass is 9.53. The van der Waals surface area contributed by atoms with Gasteiger partial charge in [0, 0.05) is 44.3 Å². The molecule has 168 valence electrons. The van der Waals surface area contributed by atoms with E-state index in [4.69, 9.17) is 9.47 Å². The number of carbonyl (C=O) groups is 1. The van der Waals surface area contributed by atoms with Crippen molar-refractivity contribution in [2.45, 2.75) is 57.7 Å². The summed E-state index contributed by atoms with van der Waals surface area (Å²) in [7, 11) is 0. The fraction of sp³-hybridized carbons (Fsp3) is 0.731. The molecule has 6 atom stereocenters. The third-order valence-electron chi connectivity index (χ3n) is 9.27. The first-order valence-electron chi connectivity index (χ1n) is 12.3. The molecule has 0 bridgehead atoms. The topological polar surface area (TPSA) is 45.3 Å². The lowest BCUT2D eigenvalue weighted by Gasteiger charge is -2.51. The third kappa shape index (κ3) is 3.39. The average Bonchev–Trinajstić information content (AvgIpc) is 3.45. The van der Waals surface area contributed by atoms with E-state index < -0.39 is 0 Å². The molecule has 5 fully saturated rings. The Hall–Kier alpha value is -1.59. The lowest BCUT2D eigenvalue weighted by Crippen LogP contribution is -2.52. The van der Waals surface area contributed by atoms with Crippen LogP contribution in [0, 0.1) is 30.1 Å². The second-order valence-electron chi connectivity index (χ2n) is 11.2. The fourth-order valence-corrected chi connectivity index (χ4v) is 7.46. The number of carbonyl (C=O) groups excluding carboxylic acids is 1. The summed E-state index contributed by atoms with van der Waals surface area (Å²) in [6.07, 6.45) is 6.01. The molecular formula is C26H36N2O3. The Labute approximate surface area is 186 Å². The fourth-order valence-electron chi connectivity index (χ4n) is 7.46. The van der Waals surface area contributed by atoms with Crippen molar-refractivity contribution in [1.29, 1.82) is 0 Å². The van der Waals surface area contributed by atoms with Crippen LogP contribution in [0.2, 0.25) is 0 Å². The molecule has 1 aromatic carbocycles. The highest BCUT2D eigenvalue weighted by atomic mass is 16.6. The standard InChI is InChI=1S/C26H36N2O3/c1-18-5-3-6-19(13-18)28-11-9-27(10-12-28)16-21-20-14-23-25(2,15-22(20)31-24(21)29)7-4-8-26(23)17-30-26/h3,5-6,13,20-23H,4,7-12,14-17H2,1-2H3/t20-,21-,22+,23-,25+,26-/m0/s1. The van der Waals surface area contributed by atoms with Crippen molar-refractivity contribution in [3.8, 4) is 0 Å². The van der Waals surface area contributed by atoms with Crippen molar-refractivity contribution in [2.24, 2.45) is 23.2 Å². The molecular weight excluding hydrogens is 388 g/mol. The summed E-state index contributed by atoms with van der Waals surface area (Å²) in [5.74, 6) is 1.08. The molecule has 5 aliphatic rings. The average molecular weight is 425 g/mol. The molecule has 1 aromatic rings. The van der Waals surface area contributed by atoms with Crippen LogP contribution in [-0.4, -0.2) is 61.9 Å². The minimum atomic E-state index is 0.0396. The number of nitrogens with zero attached hydrogens (tertiary/aromatic N) is 2. The summed E-state index contributed by atoms with van der Waals surface area (Å²) in [5.41, 5.74) is 3.04. The van der Waals surface area contributed by atoms with Crippen LogP contribution in [0.4, 0.5) is 5.69 Å². The highest BCUT2D eigenvalue weighted by Crippen LogP contribution is 2.62. The third-order valence-corrected chi connectivity index (χ3v) is 9.27. The summed E-state index contributed by atoms with van der Waals surface area (Å²) in [5, 5.41) is 0. The zero-order valence-corrected chi connectivity index (χ0v) is 19.0. The maximum absolute atomic E-state index is 12.9. The molecule has 31 heavy (non-hydrogen) atoms. The molecule has 0 amide bonds. The van der Waals surface area contributed by atoms with Crippen LogP contribution in [-0.2, 0) is 14.3 Å². The van der Waals surface area contributed by atoms with Gasteiger partial charge in [-0.25, -0.2) is 0 Å². The van der Waals surface area contributed by atoms with Crippen LogP contribution in [0.5, 0.6) is 0 Å². The van der Waals surface area contributed by atoms with Crippen molar-refractivity contribution in [3.63, 3.8) is 0 Å². The van der Waals surface area contributed by atoms with Gasteiger partial charge in [0.1, 0.15) is 6.10 Å². The smallest absolute Gasteiger partial charge is 0.310 e. The number of ether oxygens (including phenoxy) is 2. The van der Waals surface area contributed by atoms with E-state index in [2.05, 4.69) is 47.9 Å². The number of hydrogen-bond acceptors (Lipinski definition) is 5. The number of epoxide rings is 1. The van der Waals surface area contributed by atoms with E-state index in [0.717, 1.165) is 52.2 Å². The van der Waals surface area contributed by atoms with Crippen LogP contribution >= 0.6 is 0 Å². The van der Waals surface area contributed by atoms with Gasteiger partial charge in [-0.1, -0.05) is 19.1 Å². The number of esters is 1. The summed E-state index contributed by atoms with van der Waals surface area (Å²) in [4.78, 5) is 17.9. The Morgan fingerprint density at radius 2 is 1.97 bits per heavy atom. The molecule has 2 aliphatic carbocycles. The second-order valence-corrected chi connectivity index (χ2v) is 11.2. The van der Waals surface area contributed by atoms with Gasteiger partial charge in [-0.05, 0) is 68.1 Å². The zero-order chi connectivity index (χ0) is 21.2. The van der Waals surface area contributed by atoms with Crippen molar-refractivity contribution in [1.82, 2.24) is 4.90 Å². The Morgan fingerprint density at radius 3 is 2.71 bits per heavy atom. The summed E-state index contributed by atoms with van der Waals surface area (Å²) in [6, 6.07) is 8.78. The second kappa shape index (κ2) is 7.21. The highest BCUT2D eigenvalue weighted by Gasteiger charge is 2.65. The molecule has 5 nitrogen and oxygen atoms in total. The van der Waals surface area contributed by atoms with Crippen LogP contribution in [0.15, 0.2) is 24.3 Å². The first kappa shape index (κ1) is 20.0. The summed E-state index contributed by atoms with van der Waals surface area (Å²) in [6.45, 7) is 10.5. The SMILES string of the molecule is Cc1cccc(N2CCN(C[C@@H]3C(=O)O[C@@H]4C[C@@]5(C)CCC[C@]6(CO6)[C@H]5C[C@@H]34)CC2)c1. The van der Waals surface area contributed by atoms with Crippen molar-refractivity contribution in [2.75, 3.05) is 44.2 Å². The molecule has 1 spiro atoms. The van der Waals surface area contributed by atoms with Gasteiger partial charge >= 0.3 is 5.97 Å². The Bertz CT molecular complexity index is 860. The first-order valence-corrected chi connectivity index (χ1v) is 12.3. The number of rotatable bonds is 3. The van der Waals surface area contributed by atoms with Crippen LogP contribution in [0.25, 0.3) is 0 Å². The molecule has 3 aliphatic heterocycles. The van der Waals surface area contributed by atoms with Gasteiger partial charge < -0.3 is 14.4 Å². The van der Waals surface area contributed by atoms with Crippen LogP contribution < -0.4 is 4.90 Å². The molecule has 3 heterocycles. The van der Waals surface area contributed by atoms with Gasteiger partial charge in [-0.3, -0.25) is 9.69 Å². The monoisotopic (exact) mass is 424 g/mol. The normalized spacial score (nSPS) is 42.3. The molecule has 2 saturated carbocycles. The predicted molar refractivity (Wildman–Crippen MR) is 120 cm³/mol. The number of aryl methyl sites for hydroxylation is 1. The molecule has 0 unspecified atom stereocenters. The van der Waals surface area contributed by atoms with Crippen molar-refractivity contribution >= 4 is 11.7 Å². The number of benzene rings is 1. The van der Waals surface area contributed by atoms with E-state index in [1.54, 1.807) is 0 Å². The van der Waals surface area contributed by atoms with Crippen LogP contribution in [0.1, 0.15) is 44.6 Å². The Morgan fingerprint density at radius 1 is 1.16 bits per heavy atom. The highest BCUT2D eigenvalue weighted by molar-refractivity contribution is 5.75. The minimum Gasteiger partial charge on any atom is -0.462 e. The van der Waals surface area contributed by atoms with Crippen molar-refractivity contribution < 1.29 is 14.3 Å². The molecule has 5 heteroatoms. The van der Waals surface area contributed by atoms with Gasteiger partial charge in [0.25, 0.3) is 0 Å². The van der Waals surface area contributed by atoms with Crippen LogP contribution in [0.3, 0.4) is 0 Å². The lowest BCUT2D eigenvalue weighted by molar-refractivity contribution is -0.147. The quantitative estimate of drug-likeness (QED) is 0.548. The first-order chi connectivity index (χ1) is 15.0.